The van der Waals surface area contributed by atoms with E-state index in [0.717, 1.165) is 18.8 Å². The first-order chi connectivity index (χ1) is 8.56. The van der Waals surface area contributed by atoms with Crippen LogP contribution in [0.5, 0.6) is 0 Å². The minimum Gasteiger partial charge on any atom is -0.435 e. The van der Waals surface area contributed by atoms with E-state index in [4.69, 9.17) is 9.47 Å². The van der Waals surface area contributed by atoms with Crippen LogP contribution in [0.2, 0.25) is 0 Å². The van der Waals surface area contributed by atoms with Crippen LogP contribution in [0, 0.1) is 11.8 Å². The number of hydrogen-bond donors (Lipinski definition) is 0. The van der Waals surface area contributed by atoms with Crippen molar-refractivity contribution in [3.8, 4) is 0 Å². The number of esters is 1. The summed E-state index contributed by atoms with van der Waals surface area (Å²) in [5, 5.41) is 0. The number of allylic oxidation sites excluding steroid dienone is 1. The number of hydrogen-bond acceptors (Lipinski definition) is 3. The van der Waals surface area contributed by atoms with Crippen molar-refractivity contribution in [3.05, 3.63) is 24.3 Å². The summed E-state index contributed by atoms with van der Waals surface area (Å²) < 4.78 is 10.7. The van der Waals surface area contributed by atoms with Crippen molar-refractivity contribution in [2.45, 2.75) is 45.1 Å². The largest absolute Gasteiger partial charge is 0.435 e. The van der Waals surface area contributed by atoms with Crippen LogP contribution in [0.1, 0.15) is 39.0 Å². The van der Waals surface area contributed by atoms with Crippen molar-refractivity contribution < 1.29 is 14.3 Å². The Balaban J connectivity index is 1.78. The van der Waals surface area contributed by atoms with Crippen LogP contribution in [0.25, 0.3) is 0 Å². The van der Waals surface area contributed by atoms with Crippen molar-refractivity contribution in [2.75, 3.05) is 6.79 Å². The zero-order valence-electron chi connectivity index (χ0n) is 11.1. The molecule has 0 aromatic heterocycles. The molecule has 0 saturated heterocycles. The van der Waals surface area contributed by atoms with Crippen molar-refractivity contribution in [1.29, 1.82) is 0 Å². The molecule has 2 fully saturated rings. The average Bonchev–Trinajstić information content (AvgIpc) is 2.31. The van der Waals surface area contributed by atoms with Crippen LogP contribution in [-0.2, 0) is 14.3 Å². The zero-order valence-corrected chi connectivity index (χ0v) is 11.1. The maximum absolute atomic E-state index is 11.2. The van der Waals surface area contributed by atoms with Crippen LogP contribution in [0.4, 0.5) is 0 Å². The van der Waals surface area contributed by atoms with Gasteiger partial charge in [0.25, 0.3) is 0 Å². The first-order valence-corrected chi connectivity index (χ1v) is 6.67. The summed E-state index contributed by atoms with van der Waals surface area (Å²) in [5.74, 6) is 0.985. The summed E-state index contributed by atoms with van der Waals surface area (Å²) in [6, 6.07) is 0. The molecule has 0 heterocycles. The molecule has 0 amide bonds. The molecule has 0 aromatic rings. The third-order valence-electron chi connectivity index (χ3n) is 3.97. The maximum atomic E-state index is 11.2. The van der Waals surface area contributed by atoms with Crippen molar-refractivity contribution in [3.63, 3.8) is 0 Å². The fraction of sp³-hybridized carbons (Fsp3) is 0.667. The second-order valence-corrected chi connectivity index (χ2v) is 5.63. The predicted octanol–water partition coefficient (Wildman–Crippen LogP) is 3.21. The Kier molecular flexibility index (Phi) is 4.23. The third kappa shape index (κ3) is 3.22. The first-order valence-electron chi connectivity index (χ1n) is 6.67. The molecular weight excluding hydrogens is 228 g/mol. The Morgan fingerprint density at radius 1 is 1.39 bits per heavy atom. The SMILES string of the molecule is C=C1CC2CCC(OCOC(=O)C(=C)C)C(C1)C2. The fourth-order valence-corrected chi connectivity index (χ4v) is 3.11. The number of fused-ring (bicyclic) bond motifs is 2. The van der Waals surface area contributed by atoms with Gasteiger partial charge >= 0.3 is 5.97 Å². The molecule has 3 heteroatoms. The summed E-state index contributed by atoms with van der Waals surface area (Å²) in [7, 11) is 0. The molecule has 0 spiro atoms. The second-order valence-electron chi connectivity index (χ2n) is 5.63. The van der Waals surface area contributed by atoms with Gasteiger partial charge in [-0.25, -0.2) is 4.79 Å². The standard InChI is InChI=1S/C15H22O3/c1-10(2)15(16)18-9-17-14-5-4-12-6-11(3)7-13(14)8-12/h12-14H,1,3-9H2,2H3. The lowest BCUT2D eigenvalue weighted by atomic mass is 9.69. The molecule has 0 aliphatic heterocycles. The first kappa shape index (κ1) is 13.3. The van der Waals surface area contributed by atoms with Gasteiger partial charge in [0.05, 0.1) is 6.10 Å². The molecule has 18 heavy (non-hydrogen) atoms. The van der Waals surface area contributed by atoms with Gasteiger partial charge in [-0.3, -0.25) is 0 Å². The monoisotopic (exact) mass is 250 g/mol. The number of ether oxygens (including phenoxy) is 2. The van der Waals surface area contributed by atoms with Gasteiger partial charge < -0.3 is 9.47 Å². The smallest absolute Gasteiger partial charge is 0.335 e. The predicted molar refractivity (Wildman–Crippen MR) is 69.9 cm³/mol. The highest BCUT2D eigenvalue weighted by atomic mass is 16.7. The Labute approximate surface area is 109 Å². The summed E-state index contributed by atoms with van der Waals surface area (Å²) in [6.45, 7) is 9.33. The molecule has 0 aromatic carbocycles. The van der Waals surface area contributed by atoms with E-state index in [0.29, 0.717) is 11.5 Å². The Bertz CT molecular complexity index is 359. The molecule has 2 saturated carbocycles. The number of carbonyl (C=O) groups excluding carboxylic acids is 1. The van der Waals surface area contributed by atoms with Gasteiger partial charge in [-0.1, -0.05) is 18.7 Å². The molecule has 3 nitrogen and oxygen atoms in total. The highest BCUT2D eigenvalue weighted by Gasteiger charge is 2.35. The van der Waals surface area contributed by atoms with E-state index in [1.54, 1.807) is 6.92 Å². The summed E-state index contributed by atoms with van der Waals surface area (Å²) in [5.41, 5.74) is 1.76. The minimum absolute atomic E-state index is 0.0456. The van der Waals surface area contributed by atoms with Crippen LogP contribution in [-0.4, -0.2) is 18.9 Å². The molecule has 2 bridgehead atoms. The van der Waals surface area contributed by atoms with Crippen LogP contribution in [0.15, 0.2) is 24.3 Å². The molecule has 3 unspecified atom stereocenters. The fourth-order valence-electron chi connectivity index (χ4n) is 3.11. The van der Waals surface area contributed by atoms with E-state index in [2.05, 4.69) is 13.2 Å². The van der Waals surface area contributed by atoms with E-state index in [-0.39, 0.29) is 18.9 Å². The summed E-state index contributed by atoms with van der Waals surface area (Å²) in [4.78, 5) is 11.2. The lowest BCUT2D eigenvalue weighted by Gasteiger charge is -2.40. The molecule has 2 rings (SSSR count). The average molecular weight is 250 g/mol. The lowest BCUT2D eigenvalue weighted by molar-refractivity contribution is -0.162. The zero-order chi connectivity index (χ0) is 13.1. The molecule has 0 N–H and O–H groups in total. The topological polar surface area (TPSA) is 35.5 Å². The van der Waals surface area contributed by atoms with Crippen molar-refractivity contribution in [2.24, 2.45) is 11.8 Å². The third-order valence-corrected chi connectivity index (χ3v) is 3.97. The van der Waals surface area contributed by atoms with Crippen LogP contribution in [0.3, 0.4) is 0 Å². The molecule has 2 aliphatic carbocycles. The molecule has 2 aliphatic rings. The normalized spacial score (nSPS) is 30.9. The molecule has 0 radical (unpaired) electrons. The Morgan fingerprint density at radius 2 is 2.17 bits per heavy atom. The number of carbonyl (C=O) groups is 1. The quantitative estimate of drug-likeness (QED) is 0.332. The van der Waals surface area contributed by atoms with E-state index < -0.39 is 0 Å². The highest BCUT2D eigenvalue weighted by Crippen LogP contribution is 2.42. The maximum Gasteiger partial charge on any atom is 0.335 e. The minimum atomic E-state index is -0.378. The van der Waals surface area contributed by atoms with Gasteiger partial charge in [0.15, 0.2) is 6.79 Å². The summed E-state index contributed by atoms with van der Waals surface area (Å²) in [6.07, 6.45) is 5.99. The molecular formula is C15H22O3. The second kappa shape index (κ2) is 5.70. The lowest BCUT2D eigenvalue weighted by Crippen LogP contribution is -2.35. The molecule has 3 atom stereocenters. The van der Waals surface area contributed by atoms with Crippen LogP contribution >= 0.6 is 0 Å². The highest BCUT2D eigenvalue weighted by molar-refractivity contribution is 5.86. The van der Waals surface area contributed by atoms with E-state index in [9.17, 15) is 4.79 Å². The van der Waals surface area contributed by atoms with Crippen molar-refractivity contribution in [1.82, 2.24) is 0 Å². The molecule has 100 valence electrons. The van der Waals surface area contributed by atoms with Gasteiger partial charge in [0, 0.05) is 5.57 Å². The Hall–Kier alpha value is -1.09. The van der Waals surface area contributed by atoms with Gasteiger partial charge in [0.2, 0.25) is 0 Å². The number of rotatable bonds is 4. The summed E-state index contributed by atoms with van der Waals surface area (Å²) >= 11 is 0. The van der Waals surface area contributed by atoms with E-state index >= 15 is 0 Å². The Morgan fingerprint density at radius 3 is 2.89 bits per heavy atom. The van der Waals surface area contributed by atoms with Gasteiger partial charge in [-0.05, 0) is 50.9 Å². The van der Waals surface area contributed by atoms with E-state index in [1.165, 1.54) is 24.8 Å². The van der Waals surface area contributed by atoms with Gasteiger partial charge in [0.1, 0.15) is 0 Å². The van der Waals surface area contributed by atoms with Gasteiger partial charge in [-0.15, -0.1) is 0 Å². The van der Waals surface area contributed by atoms with Gasteiger partial charge in [-0.2, -0.15) is 0 Å². The van der Waals surface area contributed by atoms with Crippen LogP contribution < -0.4 is 0 Å². The van der Waals surface area contributed by atoms with Crippen molar-refractivity contribution >= 4 is 5.97 Å². The van der Waals surface area contributed by atoms with E-state index in [1.807, 2.05) is 0 Å².